The fraction of sp³-hybridized carbons (Fsp3) is 0.500. The monoisotopic (exact) mass is 192 g/mol. The van der Waals surface area contributed by atoms with E-state index < -0.39 is 5.60 Å². The van der Waals surface area contributed by atoms with Crippen LogP contribution < -0.4 is 0 Å². The predicted octanol–water partition coefficient (Wildman–Crippen LogP) is 0.807. The van der Waals surface area contributed by atoms with Crippen molar-refractivity contribution in [2.75, 3.05) is 0 Å². The lowest BCUT2D eigenvalue weighted by Crippen LogP contribution is -2.33. The van der Waals surface area contributed by atoms with Crippen LogP contribution in [0.4, 0.5) is 0 Å². The zero-order valence-electron chi connectivity index (χ0n) is 7.81. The minimum absolute atomic E-state index is 0.214. The molecule has 0 bridgehead atoms. The number of Topliss-reactive ketones (excluding diaryl/α,β-unsaturated/α-hetero) is 1. The second-order valence-electron chi connectivity index (χ2n) is 3.64. The largest absolute Gasteiger partial charge is 0.382 e. The summed E-state index contributed by atoms with van der Waals surface area (Å²) in [6, 6.07) is 1.71. The van der Waals surface area contributed by atoms with E-state index in [9.17, 15) is 9.90 Å². The van der Waals surface area contributed by atoms with E-state index in [-0.39, 0.29) is 5.78 Å². The second kappa shape index (κ2) is 3.46. The minimum Gasteiger partial charge on any atom is -0.382 e. The lowest BCUT2D eigenvalue weighted by atomic mass is 9.83. The first-order chi connectivity index (χ1) is 6.71. The third-order valence-corrected chi connectivity index (χ3v) is 2.62. The molecule has 0 atom stereocenters. The van der Waals surface area contributed by atoms with Gasteiger partial charge in [-0.1, -0.05) is 0 Å². The van der Waals surface area contributed by atoms with Crippen LogP contribution in [0.5, 0.6) is 0 Å². The number of aromatic nitrogens is 2. The van der Waals surface area contributed by atoms with Crippen LogP contribution in [0.1, 0.15) is 31.5 Å². The van der Waals surface area contributed by atoms with Gasteiger partial charge >= 0.3 is 0 Å². The molecule has 1 fully saturated rings. The molecule has 1 heterocycles. The van der Waals surface area contributed by atoms with E-state index in [2.05, 4.69) is 9.97 Å². The first-order valence-corrected chi connectivity index (χ1v) is 4.72. The lowest BCUT2D eigenvalue weighted by Gasteiger charge is -2.29. The molecule has 1 aromatic heterocycles. The SMILES string of the molecule is O=C1CCC(O)(c2ncccn2)CC1. The summed E-state index contributed by atoms with van der Waals surface area (Å²) >= 11 is 0. The summed E-state index contributed by atoms with van der Waals surface area (Å²) in [5.74, 6) is 0.651. The number of aliphatic hydroxyl groups is 1. The van der Waals surface area contributed by atoms with Gasteiger partial charge in [0.1, 0.15) is 11.4 Å². The Hall–Kier alpha value is -1.29. The molecule has 0 saturated heterocycles. The van der Waals surface area contributed by atoms with E-state index in [1.54, 1.807) is 18.5 Å². The average Bonchev–Trinajstić information content (AvgIpc) is 2.24. The summed E-state index contributed by atoms with van der Waals surface area (Å²) in [5, 5.41) is 10.2. The summed E-state index contributed by atoms with van der Waals surface area (Å²) in [6.45, 7) is 0. The Bertz CT molecular complexity index is 327. The molecule has 0 unspecified atom stereocenters. The molecule has 14 heavy (non-hydrogen) atoms. The van der Waals surface area contributed by atoms with Crippen LogP contribution in [0.3, 0.4) is 0 Å². The van der Waals surface area contributed by atoms with Crippen molar-refractivity contribution in [3.8, 4) is 0 Å². The highest BCUT2D eigenvalue weighted by Crippen LogP contribution is 2.33. The number of ketones is 1. The molecule has 0 aliphatic heterocycles. The van der Waals surface area contributed by atoms with Gasteiger partial charge in [-0.2, -0.15) is 0 Å². The number of carbonyl (C=O) groups is 1. The smallest absolute Gasteiger partial charge is 0.159 e. The maximum Gasteiger partial charge on any atom is 0.159 e. The van der Waals surface area contributed by atoms with E-state index >= 15 is 0 Å². The Morgan fingerprint density at radius 3 is 2.36 bits per heavy atom. The lowest BCUT2D eigenvalue weighted by molar-refractivity contribution is -0.126. The van der Waals surface area contributed by atoms with Gasteiger partial charge in [-0.15, -0.1) is 0 Å². The maximum absolute atomic E-state index is 11.0. The molecule has 0 aromatic carbocycles. The van der Waals surface area contributed by atoms with Crippen LogP contribution in [0.2, 0.25) is 0 Å². The van der Waals surface area contributed by atoms with Crippen molar-refractivity contribution in [1.29, 1.82) is 0 Å². The molecule has 1 saturated carbocycles. The number of nitrogens with zero attached hydrogens (tertiary/aromatic N) is 2. The molecule has 4 nitrogen and oxygen atoms in total. The topological polar surface area (TPSA) is 63.1 Å². The Morgan fingerprint density at radius 2 is 1.79 bits per heavy atom. The molecule has 0 spiro atoms. The molecule has 1 aliphatic carbocycles. The van der Waals surface area contributed by atoms with Crippen LogP contribution >= 0.6 is 0 Å². The average molecular weight is 192 g/mol. The highest BCUT2D eigenvalue weighted by molar-refractivity contribution is 5.79. The van der Waals surface area contributed by atoms with Gasteiger partial charge in [0.05, 0.1) is 0 Å². The van der Waals surface area contributed by atoms with Crippen molar-refractivity contribution in [2.45, 2.75) is 31.3 Å². The molecule has 1 aliphatic rings. The van der Waals surface area contributed by atoms with Crippen LogP contribution in [0, 0.1) is 0 Å². The number of hydrogen-bond donors (Lipinski definition) is 1. The van der Waals surface area contributed by atoms with E-state index in [0.29, 0.717) is 31.5 Å². The van der Waals surface area contributed by atoms with Crippen LogP contribution in [0.15, 0.2) is 18.5 Å². The summed E-state index contributed by atoms with van der Waals surface area (Å²) in [4.78, 5) is 19.1. The van der Waals surface area contributed by atoms with E-state index in [4.69, 9.17) is 0 Å². The van der Waals surface area contributed by atoms with Gasteiger partial charge in [0.25, 0.3) is 0 Å². The Kier molecular flexibility index (Phi) is 2.29. The first-order valence-electron chi connectivity index (χ1n) is 4.72. The van der Waals surface area contributed by atoms with Gasteiger partial charge in [-0.25, -0.2) is 9.97 Å². The van der Waals surface area contributed by atoms with Gasteiger partial charge < -0.3 is 5.11 Å². The summed E-state index contributed by atoms with van der Waals surface area (Å²) in [5.41, 5.74) is -0.991. The predicted molar refractivity (Wildman–Crippen MR) is 49.4 cm³/mol. The standard InChI is InChI=1S/C10H12N2O2/c13-8-2-4-10(14,5-3-8)9-11-6-1-7-12-9/h1,6-7,14H,2-5H2. The molecular weight excluding hydrogens is 180 g/mol. The number of rotatable bonds is 1. The molecular formula is C10H12N2O2. The molecule has 0 amide bonds. The van der Waals surface area contributed by atoms with E-state index in [0.717, 1.165) is 0 Å². The molecule has 0 radical (unpaired) electrons. The molecule has 1 aromatic rings. The van der Waals surface area contributed by atoms with Gasteiger partial charge in [0.15, 0.2) is 5.82 Å². The van der Waals surface area contributed by atoms with Gasteiger partial charge in [-0.3, -0.25) is 4.79 Å². The van der Waals surface area contributed by atoms with Crippen molar-refractivity contribution in [3.05, 3.63) is 24.3 Å². The zero-order chi connectivity index (χ0) is 10.0. The Morgan fingerprint density at radius 1 is 1.21 bits per heavy atom. The molecule has 4 heteroatoms. The van der Waals surface area contributed by atoms with Crippen LogP contribution in [-0.4, -0.2) is 20.9 Å². The quantitative estimate of drug-likeness (QED) is 0.715. The Balaban J connectivity index is 2.21. The summed E-state index contributed by atoms with van der Waals surface area (Å²) in [6.07, 6.45) is 4.95. The zero-order valence-corrected chi connectivity index (χ0v) is 7.81. The van der Waals surface area contributed by atoms with Crippen molar-refractivity contribution >= 4 is 5.78 Å². The van der Waals surface area contributed by atoms with Gasteiger partial charge in [0, 0.05) is 25.2 Å². The highest BCUT2D eigenvalue weighted by atomic mass is 16.3. The molecule has 1 N–H and O–H groups in total. The van der Waals surface area contributed by atoms with Gasteiger partial charge in [0.2, 0.25) is 0 Å². The highest BCUT2D eigenvalue weighted by Gasteiger charge is 2.36. The van der Waals surface area contributed by atoms with Crippen LogP contribution in [0.25, 0.3) is 0 Å². The minimum atomic E-state index is -0.991. The Labute approximate surface area is 82.0 Å². The summed E-state index contributed by atoms with van der Waals surface area (Å²) in [7, 11) is 0. The van der Waals surface area contributed by atoms with Crippen LogP contribution in [-0.2, 0) is 10.4 Å². The fourth-order valence-electron chi connectivity index (χ4n) is 1.71. The third kappa shape index (κ3) is 1.65. The number of carbonyl (C=O) groups excluding carboxylic acids is 1. The fourth-order valence-corrected chi connectivity index (χ4v) is 1.71. The van der Waals surface area contributed by atoms with Crippen molar-refractivity contribution < 1.29 is 9.90 Å². The van der Waals surface area contributed by atoms with Crippen molar-refractivity contribution in [2.24, 2.45) is 0 Å². The normalized spacial score (nSPS) is 20.8. The van der Waals surface area contributed by atoms with E-state index in [1.807, 2.05) is 0 Å². The van der Waals surface area contributed by atoms with E-state index in [1.165, 1.54) is 0 Å². The second-order valence-corrected chi connectivity index (χ2v) is 3.64. The first kappa shape index (κ1) is 9.27. The molecule has 2 rings (SSSR count). The maximum atomic E-state index is 11.0. The van der Waals surface area contributed by atoms with Gasteiger partial charge in [-0.05, 0) is 18.9 Å². The molecule has 74 valence electrons. The summed E-state index contributed by atoms with van der Waals surface area (Å²) < 4.78 is 0. The van der Waals surface area contributed by atoms with Crippen molar-refractivity contribution in [1.82, 2.24) is 9.97 Å². The third-order valence-electron chi connectivity index (χ3n) is 2.62. The van der Waals surface area contributed by atoms with Crippen molar-refractivity contribution in [3.63, 3.8) is 0 Å². The number of hydrogen-bond acceptors (Lipinski definition) is 4.